The van der Waals surface area contributed by atoms with Gasteiger partial charge in [0, 0.05) is 25.1 Å². The number of rotatable bonds is 3. The number of ether oxygens (including phenoxy) is 3. The number of nitrogens with zero attached hydrogens (tertiary/aromatic N) is 4. The largest absolute Gasteiger partial charge is 0.467 e. The molecule has 4 rings (SSSR count). The van der Waals surface area contributed by atoms with Crippen LogP contribution in [0.15, 0.2) is 6.07 Å². The molecule has 2 atom stereocenters. The van der Waals surface area contributed by atoms with Crippen LogP contribution in [0.25, 0.3) is 0 Å². The van der Waals surface area contributed by atoms with E-state index in [-0.39, 0.29) is 36.5 Å². The van der Waals surface area contributed by atoms with E-state index in [2.05, 4.69) is 26.8 Å². The topological polar surface area (TPSA) is 95.6 Å². The van der Waals surface area contributed by atoms with Gasteiger partial charge in [-0.1, -0.05) is 18.5 Å². The minimum atomic E-state index is -4.71. The molecule has 174 valence electrons. The maximum atomic E-state index is 13.7. The van der Waals surface area contributed by atoms with Gasteiger partial charge in [-0.3, -0.25) is 0 Å². The number of nitrogens with two attached hydrogens (primary N) is 1. The Labute approximate surface area is 187 Å². The second-order valence-corrected chi connectivity index (χ2v) is 8.28. The first-order chi connectivity index (χ1) is 15.2. The number of aromatic nitrogens is 3. The summed E-state index contributed by atoms with van der Waals surface area (Å²) in [7, 11) is 1.44. The van der Waals surface area contributed by atoms with Gasteiger partial charge in [0.15, 0.2) is 0 Å². The standard InChI is InChI=1S/C20H23ClF3N5O3/c1-10-7-29(3-4-31-8-10)18-11-9-32-14(6-13(11)26-19(28-18)30-2)17-16(20(22,23)24)12(21)5-15(25)27-17/h5,10,14H,3-4,6-9H2,1-2H3,(H2,25,27). The minimum absolute atomic E-state index is 0.0104. The van der Waals surface area contributed by atoms with E-state index < -0.39 is 22.9 Å². The molecule has 2 aliphatic heterocycles. The molecule has 2 aromatic rings. The third-order valence-electron chi connectivity index (χ3n) is 5.39. The number of anilines is 2. The summed E-state index contributed by atoms with van der Waals surface area (Å²) in [5.74, 6) is 0.795. The summed E-state index contributed by atoms with van der Waals surface area (Å²) in [6.07, 6.45) is -5.70. The molecule has 2 unspecified atom stereocenters. The normalized spacial score (nSPS) is 21.8. The third kappa shape index (κ3) is 4.55. The Morgan fingerprint density at radius 2 is 2.06 bits per heavy atom. The van der Waals surface area contributed by atoms with E-state index in [9.17, 15) is 13.2 Å². The molecule has 8 nitrogen and oxygen atoms in total. The van der Waals surface area contributed by atoms with Gasteiger partial charge in [0.25, 0.3) is 0 Å². The zero-order chi connectivity index (χ0) is 23.0. The SMILES string of the molecule is COc1nc2c(c(N3CCOCC(C)C3)n1)COC(c1nc(N)cc(Cl)c1C(F)(F)F)C2. The number of nitrogen functional groups attached to an aromatic ring is 1. The number of halogens is 4. The van der Waals surface area contributed by atoms with Crippen LogP contribution in [-0.2, 0) is 28.7 Å². The number of alkyl halides is 3. The Morgan fingerprint density at radius 1 is 1.28 bits per heavy atom. The van der Waals surface area contributed by atoms with Crippen LogP contribution >= 0.6 is 11.6 Å². The van der Waals surface area contributed by atoms with E-state index in [0.29, 0.717) is 43.4 Å². The Hall–Kier alpha value is -2.37. The van der Waals surface area contributed by atoms with E-state index in [1.807, 2.05) is 0 Å². The molecule has 2 N–H and O–H groups in total. The zero-order valence-corrected chi connectivity index (χ0v) is 18.3. The van der Waals surface area contributed by atoms with Gasteiger partial charge in [0.1, 0.15) is 17.7 Å². The molecule has 2 aliphatic rings. The van der Waals surface area contributed by atoms with E-state index in [0.717, 1.165) is 6.07 Å². The average molecular weight is 474 g/mol. The Kier molecular flexibility index (Phi) is 6.33. The summed E-state index contributed by atoms with van der Waals surface area (Å²) in [5, 5.41) is -0.520. The highest BCUT2D eigenvalue weighted by atomic mass is 35.5. The highest BCUT2D eigenvalue weighted by molar-refractivity contribution is 6.31. The first-order valence-electron chi connectivity index (χ1n) is 10.1. The van der Waals surface area contributed by atoms with Gasteiger partial charge in [-0.2, -0.15) is 23.1 Å². The lowest BCUT2D eigenvalue weighted by molar-refractivity contribution is -0.140. The smallest absolute Gasteiger partial charge is 0.419 e. The van der Waals surface area contributed by atoms with Crippen molar-refractivity contribution < 1.29 is 27.4 Å². The fourth-order valence-corrected chi connectivity index (χ4v) is 4.31. The summed E-state index contributed by atoms with van der Waals surface area (Å²) in [6, 6.07) is 1.11. The molecular weight excluding hydrogens is 451 g/mol. The van der Waals surface area contributed by atoms with Crippen molar-refractivity contribution in [2.24, 2.45) is 5.92 Å². The van der Waals surface area contributed by atoms with Gasteiger partial charge in [0.2, 0.25) is 0 Å². The third-order valence-corrected chi connectivity index (χ3v) is 5.69. The quantitative estimate of drug-likeness (QED) is 0.724. The molecule has 12 heteroatoms. The molecule has 0 amide bonds. The first-order valence-corrected chi connectivity index (χ1v) is 10.5. The minimum Gasteiger partial charge on any atom is -0.467 e. The van der Waals surface area contributed by atoms with Crippen molar-refractivity contribution in [3.05, 3.63) is 33.6 Å². The highest BCUT2D eigenvalue weighted by Crippen LogP contribution is 2.43. The van der Waals surface area contributed by atoms with Gasteiger partial charge in [-0.25, -0.2) is 4.98 Å². The fourth-order valence-electron chi connectivity index (χ4n) is 4.00. The summed E-state index contributed by atoms with van der Waals surface area (Å²) in [4.78, 5) is 14.9. The van der Waals surface area contributed by atoms with Crippen molar-refractivity contribution in [3.8, 4) is 6.01 Å². The molecule has 0 radical (unpaired) electrons. The van der Waals surface area contributed by atoms with Gasteiger partial charge in [-0.15, -0.1) is 0 Å². The summed E-state index contributed by atoms with van der Waals surface area (Å²) in [5.41, 5.74) is 5.52. The molecule has 0 spiro atoms. The predicted molar refractivity (Wildman–Crippen MR) is 111 cm³/mol. The van der Waals surface area contributed by atoms with E-state index in [4.69, 9.17) is 31.5 Å². The highest BCUT2D eigenvalue weighted by Gasteiger charge is 2.41. The van der Waals surface area contributed by atoms with Crippen molar-refractivity contribution >= 4 is 23.2 Å². The monoisotopic (exact) mass is 473 g/mol. The number of pyridine rings is 1. The molecule has 1 saturated heterocycles. The van der Waals surface area contributed by atoms with E-state index in [1.165, 1.54) is 7.11 Å². The lowest BCUT2D eigenvalue weighted by Gasteiger charge is -2.31. The second-order valence-electron chi connectivity index (χ2n) is 7.88. The summed E-state index contributed by atoms with van der Waals surface area (Å²) in [6.45, 7) is 4.59. The van der Waals surface area contributed by atoms with Crippen molar-refractivity contribution in [3.63, 3.8) is 0 Å². The number of hydrogen-bond acceptors (Lipinski definition) is 8. The Balaban J connectivity index is 1.74. The molecule has 0 saturated carbocycles. The second kappa shape index (κ2) is 8.87. The molecule has 1 fully saturated rings. The molecule has 0 bridgehead atoms. The zero-order valence-electron chi connectivity index (χ0n) is 17.6. The summed E-state index contributed by atoms with van der Waals surface area (Å²) >= 11 is 5.88. The average Bonchev–Trinajstić information content (AvgIpc) is 2.95. The molecule has 2 aromatic heterocycles. The molecule has 32 heavy (non-hydrogen) atoms. The maximum absolute atomic E-state index is 13.7. The predicted octanol–water partition coefficient (Wildman–Crippen LogP) is 3.42. The van der Waals surface area contributed by atoms with Gasteiger partial charge in [-0.05, 0) is 12.0 Å². The maximum Gasteiger partial charge on any atom is 0.419 e. The van der Waals surface area contributed by atoms with Gasteiger partial charge in [0.05, 0.1) is 48.9 Å². The molecule has 4 heterocycles. The fraction of sp³-hybridized carbons (Fsp3) is 0.550. The van der Waals surface area contributed by atoms with Crippen LogP contribution in [0.3, 0.4) is 0 Å². The van der Waals surface area contributed by atoms with Crippen molar-refractivity contribution in [2.45, 2.75) is 32.2 Å². The first kappa shape index (κ1) is 22.8. The van der Waals surface area contributed by atoms with Crippen LogP contribution in [0.4, 0.5) is 24.8 Å². The van der Waals surface area contributed by atoms with Crippen molar-refractivity contribution in [1.82, 2.24) is 15.0 Å². The Bertz CT molecular complexity index is 1010. The molecular formula is C20H23ClF3N5O3. The van der Waals surface area contributed by atoms with Gasteiger partial charge >= 0.3 is 12.2 Å². The summed E-state index contributed by atoms with van der Waals surface area (Å²) < 4.78 is 57.9. The van der Waals surface area contributed by atoms with Crippen LogP contribution in [0.5, 0.6) is 6.01 Å². The van der Waals surface area contributed by atoms with Crippen LogP contribution in [0, 0.1) is 5.92 Å². The van der Waals surface area contributed by atoms with E-state index in [1.54, 1.807) is 0 Å². The van der Waals surface area contributed by atoms with Crippen LogP contribution in [0.2, 0.25) is 5.02 Å². The van der Waals surface area contributed by atoms with Crippen molar-refractivity contribution in [2.75, 3.05) is 44.0 Å². The van der Waals surface area contributed by atoms with E-state index >= 15 is 0 Å². The van der Waals surface area contributed by atoms with Crippen LogP contribution in [-0.4, -0.2) is 48.4 Å². The number of fused-ring (bicyclic) bond motifs is 1. The van der Waals surface area contributed by atoms with Crippen LogP contribution in [0.1, 0.15) is 35.5 Å². The van der Waals surface area contributed by atoms with Crippen LogP contribution < -0.4 is 15.4 Å². The lowest BCUT2D eigenvalue weighted by atomic mass is 9.99. The number of hydrogen-bond donors (Lipinski definition) is 1. The van der Waals surface area contributed by atoms with Gasteiger partial charge < -0.3 is 24.8 Å². The number of methoxy groups -OCH3 is 1. The van der Waals surface area contributed by atoms with Crippen molar-refractivity contribution in [1.29, 1.82) is 0 Å². The molecule has 0 aromatic carbocycles. The molecule has 0 aliphatic carbocycles. The lowest BCUT2D eigenvalue weighted by Crippen LogP contribution is -2.33. The Morgan fingerprint density at radius 3 is 2.78 bits per heavy atom.